The largest absolute Gasteiger partial charge is 0.338 e. The van der Waals surface area contributed by atoms with Crippen LogP contribution in [0.2, 0.25) is 5.02 Å². The van der Waals surface area contributed by atoms with E-state index in [4.69, 9.17) is 11.6 Å². The number of amides is 2. The maximum atomic E-state index is 11.8. The van der Waals surface area contributed by atoms with Crippen molar-refractivity contribution in [2.45, 2.75) is 26.3 Å². The topological polar surface area (TPSA) is 32.3 Å². The summed E-state index contributed by atoms with van der Waals surface area (Å²) >= 11 is 5.83. The summed E-state index contributed by atoms with van der Waals surface area (Å²) in [6, 6.07) is 7.54. The minimum Gasteiger partial charge on any atom is -0.338 e. The zero-order valence-electron chi connectivity index (χ0n) is 10.5. The van der Waals surface area contributed by atoms with Crippen molar-refractivity contribution in [1.29, 1.82) is 0 Å². The lowest BCUT2D eigenvalue weighted by Crippen LogP contribution is -2.39. The Morgan fingerprint density at radius 3 is 2.53 bits per heavy atom. The average Bonchev–Trinajstić information content (AvgIpc) is 2.35. The first-order valence-corrected chi connectivity index (χ1v) is 6.20. The second-order valence-corrected chi connectivity index (χ2v) is 4.51. The van der Waals surface area contributed by atoms with Gasteiger partial charge in [-0.05, 0) is 31.0 Å². The molecule has 0 aliphatic heterocycles. The molecule has 0 saturated heterocycles. The summed E-state index contributed by atoms with van der Waals surface area (Å²) < 4.78 is 0. The first-order chi connectivity index (χ1) is 8.06. The molecule has 4 heteroatoms. The molecular weight excluding hydrogens is 236 g/mol. The Morgan fingerprint density at radius 2 is 2.00 bits per heavy atom. The highest BCUT2D eigenvalue weighted by Gasteiger charge is 2.16. The highest BCUT2D eigenvalue weighted by molar-refractivity contribution is 6.30. The van der Waals surface area contributed by atoms with E-state index in [2.05, 4.69) is 5.32 Å². The van der Waals surface area contributed by atoms with E-state index in [1.54, 1.807) is 11.9 Å². The molecule has 1 rings (SSSR count). The number of carbonyl (C=O) groups excluding carboxylic acids is 1. The fraction of sp³-hybridized carbons (Fsp3) is 0.462. The molecule has 3 nitrogen and oxygen atoms in total. The quantitative estimate of drug-likeness (QED) is 0.877. The summed E-state index contributed by atoms with van der Waals surface area (Å²) in [7, 11) is 1.80. The highest BCUT2D eigenvalue weighted by Crippen LogP contribution is 2.20. The molecule has 0 aromatic heterocycles. The Balaban J connectivity index is 2.65. The van der Waals surface area contributed by atoms with E-state index >= 15 is 0 Å². The van der Waals surface area contributed by atoms with E-state index in [0.717, 1.165) is 12.0 Å². The molecular formula is C13H19ClN2O. The van der Waals surface area contributed by atoms with Crippen LogP contribution in [0.15, 0.2) is 24.3 Å². The zero-order chi connectivity index (χ0) is 12.8. The summed E-state index contributed by atoms with van der Waals surface area (Å²) in [6.45, 7) is 4.73. The molecule has 0 heterocycles. The molecule has 2 amide bonds. The number of carbonyl (C=O) groups is 1. The number of urea groups is 1. The molecule has 1 unspecified atom stereocenters. The average molecular weight is 255 g/mol. The van der Waals surface area contributed by atoms with Crippen molar-refractivity contribution in [3.05, 3.63) is 34.9 Å². The van der Waals surface area contributed by atoms with Gasteiger partial charge in [-0.3, -0.25) is 0 Å². The van der Waals surface area contributed by atoms with E-state index in [1.165, 1.54) is 0 Å². The molecule has 94 valence electrons. The van der Waals surface area contributed by atoms with Crippen LogP contribution in [0.25, 0.3) is 0 Å². The van der Waals surface area contributed by atoms with Crippen LogP contribution in [0, 0.1) is 0 Å². The number of benzene rings is 1. The van der Waals surface area contributed by atoms with Gasteiger partial charge in [0.2, 0.25) is 0 Å². The van der Waals surface area contributed by atoms with E-state index in [9.17, 15) is 4.79 Å². The lowest BCUT2D eigenvalue weighted by atomic mass is 10.1. The molecule has 0 fully saturated rings. The van der Waals surface area contributed by atoms with Gasteiger partial charge in [-0.2, -0.15) is 0 Å². The molecule has 0 radical (unpaired) electrons. The van der Waals surface area contributed by atoms with Gasteiger partial charge in [-0.15, -0.1) is 0 Å². The van der Waals surface area contributed by atoms with Crippen LogP contribution in [0.1, 0.15) is 31.9 Å². The van der Waals surface area contributed by atoms with Crippen LogP contribution in [-0.4, -0.2) is 24.5 Å². The lowest BCUT2D eigenvalue weighted by Gasteiger charge is -2.25. The van der Waals surface area contributed by atoms with Gasteiger partial charge < -0.3 is 10.2 Å². The predicted molar refractivity (Wildman–Crippen MR) is 71.3 cm³/mol. The van der Waals surface area contributed by atoms with Gasteiger partial charge in [0.15, 0.2) is 0 Å². The molecule has 1 N–H and O–H groups in total. The van der Waals surface area contributed by atoms with Crippen molar-refractivity contribution >= 4 is 17.6 Å². The number of nitrogens with zero attached hydrogens (tertiary/aromatic N) is 1. The Morgan fingerprint density at radius 1 is 1.41 bits per heavy atom. The number of halogens is 1. The maximum Gasteiger partial charge on any atom is 0.317 e. The van der Waals surface area contributed by atoms with Crippen LogP contribution >= 0.6 is 11.6 Å². The molecule has 1 aromatic rings. The molecule has 1 atom stereocenters. The van der Waals surface area contributed by atoms with Crippen molar-refractivity contribution in [3.63, 3.8) is 0 Å². The third-order valence-electron chi connectivity index (χ3n) is 2.78. The van der Waals surface area contributed by atoms with Crippen LogP contribution < -0.4 is 5.32 Å². The van der Waals surface area contributed by atoms with E-state index < -0.39 is 0 Å². The first-order valence-electron chi connectivity index (χ1n) is 5.82. The van der Waals surface area contributed by atoms with Crippen LogP contribution in [0.3, 0.4) is 0 Å². The Bertz CT molecular complexity index is 364. The minimum atomic E-state index is -0.0469. The highest BCUT2D eigenvalue weighted by atomic mass is 35.5. The Labute approximate surface area is 108 Å². The van der Waals surface area contributed by atoms with Gasteiger partial charge >= 0.3 is 6.03 Å². The zero-order valence-corrected chi connectivity index (χ0v) is 11.3. The lowest BCUT2D eigenvalue weighted by molar-refractivity contribution is 0.194. The molecule has 1 aromatic carbocycles. The predicted octanol–water partition coefficient (Wildman–Crippen LogP) is 3.45. The van der Waals surface area contributed by atoms with Crippen molar-refractivity contribution in [2.75, 3.05) is 13.6 Å². The van der Waals surface area contributed by atoms with Gasteiger partial charge in [-0.25, -0.2) is 4.79 Å². The van der Waals surface area contributed by atoms with Crippen molar-refractivity contribution in [3.8, 4) is 0 Å². The fourth-order valence-corrected chi connectivity index (χ4v) is 1.62. The number of hydrogen-bond acceptors (Lipinski definition) is 1. The normalized spacial score (nSPS) is 12.0. The van der Waals surface area contributed by atoms with Crippen molar-refractivity contribution < 1.29 is 4.79 Å². The summed E-state index contributed by atoms with van der Waals surface area (Å²) in [6.07, 6.45) is 0.939. The van der Waals surface area contributed by atoms with Gasteiger partial charge in [0.25, 0.3) is 0 Å². The molecule has 0 aliphatic rings. The SMILES string of the molecule is CCCNC(=O)N(C)C(C)c1ccc(Cl)cc1. The minimum absolute atomic E-state index is 0.0316. The molecule has 0 spiro atoms. The Hall–Kier alpha value is -1.22. The summed E-state index contributed by atoms with van der Waals surface area (Å²) in [5.74, 6) is 0. The van der Waals surface area contributed by atoms with Crippen LogP contribution in [0.4, 0.5) is 4.79 Å². The van der Waals surface area contributed by atoms with Crippen LogP contribution in [-0.2, 0) is 0 Å². The third-order valence-corrected chi connectivity index (χ3v) is 3.03. The van der Waals surface area contributed by atoms with Gasteiger partial charge in [0.05, 0.1) is 6.04 Å². The van der Waals surface area contributed by atoms with Gasteiger partial charge in [-0.1, -0.05) is 30.7 Å². The van der Waals surface area contributed by atoms with Crippen molar-refractivity contribution in [2.24, 2.45) is 0 Å². The first kappa shape index (κ1) is 13.8. The number of nitrogens with one attached hydrogen (secondary N) is 1. The van der Waals surface area contributed by atoms with E-state index in [-0.39, 0.29) is 12.1 Å². The van der Waals surface area contributed by atoms with Crippen molar-refractivity contribution in [1.82, 2.24) is 10.2 Å². The van der Waals surface area contributed by atoms with E-state index in [1.807, 2.05) is 38.1 Å². The smallest absolute Gasteiger partial charge is 0.317 e. The number of rotatable bonds is 4. The third kappa shape index (κ3) is 3.93. The number of hydrogen-bond donors (Lipinski definition) is 1. The second kappa shape index (κ2) is 6.50. The summed E-state index contributed by atoms with van der Waals surface area (Å²) in [5.41, 5.74) is 1.07. The monoisotopic (exact) mass is 254 g/mol. The van der Waals surface area contributed by atoms with Crippen LogP contribution in [0.5, 0.6) is 0 Å². The van der Waals surface area contributed by atoms with E-state index in [0.29, 0.717) is 11.6 Å². The molecule has 0 saturated carbocycles. The summed E-state index contributed by atoms with van der Waals surface area (Å²) in [4.78, 5) is 13.5. The second-order valence-electron chi connectivity index (χ2n) is 4.07. The summed E-state index contributed by atoms with van der Waals surface area (Å²) in [5, 5.41) is 3.56. The maximum absolute atomic E-state index is 11.8. The van der Waals surface area contributed by atoms with Gasteiger partial charge in [0.1, 0.15) is 0 Å². The molecule has 17 heavy (non-hydrogen) atoms. The Kier molecular flexibility index (Phi) is 5.29. The molecule has 0 bridgehead atoms. The standard InChI is InChI=1S/C13H19ClN2O/c1-4-9-15-13(17)16(3)10(2)11-5-7-12(14)8-6-11/h5-8,10H,4,9H2,1-3H3,(H,15,17). The molecule has 0 aliphatic carbocycles. The fourth-order valence-electron chi connectivity index (χ4n) is 1.50. The van der Waals surface area contributed by atoms with Gasteiger partial charge in [0, 0.05) is 18.6 Å².